The SMILES string of the molecule is Cc1ccc(C(CN)N(Cc2ccco2)C2CC2)cc1. The van der Waals surface area contributed by atoms with E-state index in [1.165, 1.54) is 24.0 Å². The fraction of sp³-hybridized carbons (Fsp3) is 0.412. The number of nitrogens with zero attached hydrogens (tertiary/aromatic N) is 1. The van der Waals surface area contributed by atoms with Gasteiger partial charge in [0.25, 0.3) is 0 Å². The lowest BCUT2D eigenvalue weighted by Crippen LogP contribution is -2.35. The molecule has 3 heteroatoms. The van der Waals surface area contributed by atoms with E-state index >= 15 is 0 Å². The quantitative estimate of drug-likeness (QED) is 0.876. The van der Waals surface area contributed by atoms with Crippen LogP contribution in [0.4, 0.5) is 0 Å². The van der Waals surface area contributed by atoms with Crippen LogP contribution < -0.4 is 5.73 Å². The molecular formula is C17H22N2O. The molecule has 1 atom stereocenters. The average Bonchev–Trinajstić information content (AvgIpc) is 3.18. The molecule has 0 aliphatic heterocycles. The van der Waals surface area contributed by atoms with Crippen LogP contribution in [-0.2, 0) is 6.54 Å². The van der Waals surface area contributed by atoms with Gasteiger partial charge in [0.05, 0.1) is 12.8 Å². The molecule has 0 bridgehead atoms. The fourth-order valence-electron chi connectivity index (χ4n) is 2.73. The van der Waals surface area contributed by atoms with Crippen LogP contribution in [0.15, 0.2) is 47.1 Å². The number of aryl methyl sites for hydroxylation is 1. The van der Waals surface area contributed by atoms with Crippen molar-refractivity contribution < 1.29 is 4.42 Å². The Morgan fingerprint density at radius 1 is 1.25 bits per heavy atom. The van der Waals surface area contributed by atoms with E-state index in [-0.39, 0.29) is 6.04 Å². The summed E-state index contributed by atoms with van der Waals surface area (Å²) >= 11 is 0. The molecule has 20 heavy (non-hydrogen) atoms. The van der Waals surface area contributed by atoms with Gasteiger partial charge in [0, 0.05) is 18.6 Å². The van der Waals surface area contributed by atoms with Crippen LogP contribution in [0.1, 0.15) is 35.8 Å². The molecule has 1 aliphatic rings. The van der Waals surface area contributed by atoms with Crippen LogP contribution >= 0.6 is 0 Å². The first-order chi connectivity index (χ1) is 9.78. The first-order valence-corrected chi connectivity index (χ1v) is 7.32. The van der Waals surface area contributed by atoms with Gasteiger partial charge in [-0.1, -0.05) is 29.8 Å². The van der Waals surface area contributed by atoms with Gasteiger partial charge in [-0.2, -0.15) is 0 Å². The van der Waals surface area contributed by atoms with Crippen molar-refractivity contribution in [2.45, 2.75) is 38.4 Å². The third-order valence-electron chi connectivity index (χ3n) is 4.02. The highest BCUT2D eigenvalue weighted by Crippen LogP contribution is 2.35. The Kier molecular flexibility index (Phi) is 3.90. The second kappa shape index (κ2) is 5.81. The molecule has 3 rings (SSSR count). The lowest BCUT2D eigenvalue weighted by atomic mass is 10.0. The minimum atomic E-state index is 0.271. The zero-order valence-corrected chi connectivity index (χ0v) is 12.0. The number of nitrogens with two attached hydrogens (primary N) is 1. The van der Waals surface area contributed by atoms with E-state index < -0.39 is 0 Å². The zero-order chi connectivity index (χ0) is 13.9. The molecule has 1 aliphatic carbocycles. The van der Waals surface area contributed by atoms with Gasteiger partial charge in [-0.25, -0.2) is 0 Å². The van der Waals surface area contributed by atoms with Crippen molar-refractivity contribution in [3.63, 3.8) is 0 Å². The lowest BCUT2D eigenvalue weighted by molar-refractivity contribution is 0.168. The van der Waals surface area contributed by atoms with Crippen molar-refractivity contribution >= 4 is 0 Å². The number of furan rings is 1. The molecule has 2 N–H and O–H groups in total. The summed E-state index contributed by atoms with van der Waals surface area (Å²) in [5, 5.41) is 0. The maximum Gasteiger partial charge on any atom is 0.117 e. The van der Waals surface area contributed by atoms with E-state index in [0.717, 1.165) is 12.3 Å². The van der Waals surface area contributed by atoms with Crippen LogP contribution in [-0.4, -0.2) is 17.5 Å². The molecular weight excluding hydrogens is 248 g/mol. The molecule has 2 aromatic rings. The Morgan fingerprint density at radius 2 is 2.00 bits per heavy atom. The van der Waals surface area contributed by atoms with Crippen molar-refractivity contribution in [3.05, 3.63) is 59.5 Å². The van der Waals surface area contributed by atoms with E-state index in [9.17, 15) is 0 Å². The molecule has 1 aromatic heterocycles. The van der Waals surface area contributed by atoms with E-state index in [2.05, 4.69) is 36.1 Å². The van der Waals surface area contributed by atoms with Crippen LogP contribution in [0.2, 0.25) is 0 Å². The normalized spacial score (nSPS) is 16.6. The minimum Gasteiger partial charge on any atom is -0.468 e. The van der Waals surface area contributed by atoms with E-state index in [1.807, 2.05) is 12.1 Å². The van der Waals surface area contributed by atoms with Gasteiger partial charge < -0.3 is 10.2 Å². The highest BCUT2D eigenvalue weighted by atomic mass is 16.3. The number of hydrogen-bond donors (Lipinski definition) is 1. The van der Waals surface area contributed by atoms with Crippen LogP contribution in [0.25, 0.3) is 0 Å². The third-order valence-corrected chi connectivity index (χ3v) is 4.02. The monoisotopic (exact) mass is 270 g/mol. The molecule has 0 amide bonds. The second-order valence-electron chi connectivity index (χ2n) is 5.65. The molecule has 1 fully saturated rings. The van der Waals surface area contributed by atoms with Crippen LogP contribution in [0.5, 0.6) is 0 Å². The van der Waals surface area contributed by atoms with E-state index in [4.69, 9.17) is 10.2 Å². The summed E-state index contributed by atoms with van der Waals surface area (Å²) in [6.07, 6.45) is 4.27. The summed E-state index contributed by atoms with van der Waals surface area (Å²) in [5.41, 5.74) is 8.65. The molecule has 106 valence electrons. The summed E-state index contributed by atoms with van der Waals surface area (Å²) in [6.45, 7) is 3.59. The smallest absolute Gasteiger partial charge is 0.117 e. The second-order valence-corrected chi connectivity index (χ2v) is 5.65. The maximum absolute atomic E-state index is 6.07. The Morgan fingerprint density at radius 3 is 2.55 bits per heavy atom. The number of benzene rings is 1. The molecule has 3 nitrogen and oxygen atoms in total. The fourth-order valence-corrected chi connectivity index (χ4v) is 2.73. The molecule has 0 spiro atoms. The van der Waals surface area contributed by atoms with Crippen molar-refractivity contribution in [2.75, 3.05) is 6.54 Å². The predicted octanol–water partition coefficient (Wildman–Crippen LogP) is 3.25. The van der Waals surface area contributed by atoms with Crippen molar-refractivity contribution in [1.29, 1.82) is 0 Å². The van der Waals surface area contributed by atoms with E-state index in [0.29, 0.717) is 12.6 Å². The largest absolute Gasteiger partial charge is 0.468 e. The first kappa shape index (κ1) is 13.4. The highest BCUT2D eigenvalue weighted by Gasteiger charge is 2.34. The summed E-state index contributed by atoms with van der Waals surface area (Å²) in [4.78, 5) is 2.49. The standard InChI is InChI=1S/C17H22N2O/c1-13-4-6-14(7-5-13)17(11-18)19(15-8-9-15)12-16-3-2-10-20-16/h2-7,10,15,17H,8-9,11-12,18H2,1H3. The summed E-state index contributed by atoms with van der Waals surface area (Å²) < 4.78 is 5.51. The summed E-state index contributed by atoms with van der Waals surface area (Å²) in [6, 6.07) is 13.6. The van der Waals surface area contributed by atoms with Gasteiger partial charge >= 0.3 is 0 Å². The van der Waals surface area contributed by atoms with Gasteiger partial charge in [-0.05, 0) is 37.5 Å². The summed E-state index contributed by atoms with van der Waals surface area (Å²) in [5.74, 6) is 1.02. The van der Waals surface area contributed by atoms with Gasteiger partial charge in [0.2, 0.25) is 0 Å². The Labute approximate surface area is 120 Å². The van der Waals surface area contributed by atoms with Crippen molar-refractivity contribution in [3.8, 4) is 0 Å². The first-order valence-electron chi connectivity index (χ1n) is 7.32. The highest BCUT2D eigenvalue weighted by molar-refractivity contribution is 5.25. The van der Waals surface area contributed by atoms with Gasteiger partial charge in [0.1, 0.15) is 5.76 Å². The third kappa shape index (κ3) is 2.94. The molecule has 0 radical (unpaired) electrons. The van der Waals surface area contributed by atoms with Crippen molar-refractivity contribution in [1.82, 2.24) is 4.90 Å². The van der Waals surface area contributed by atoms with Crippen LogP contribution in [0.3, 0.4) is 0 Å². The Hall–Kier alpha value is -1.58. The molecule has 1 heterocycles. The van der Waals surface area contributed by atoms with Crippen molar-refractivity contribution in [2.24, 2.45) is 5.73 Å². The van der Waals surface area contributed by atoms with Crippen LogP contribution in [0, 0.1) is 6.92 Å². The van der Waals surface area contributed by atoms with Gasteiger partial charge in [-0.3, -0.25) is 4.90 Å². The summed E-state index contributed by atoms with van der Waals surface area (Å²) in [7, 11) is 0. The Bertz CT molecular complexity index is 529. The maximum atomic E-state index is 6.07. The zero-order valence-electron chi connectivity index (χ0n) is 12.0. The number of hydrogen-bond acceptors (Lipinski definition) is 3. The van der Waals surface area contributed by atoms with E-state index in [1.54, 1.807) is 6.26 Å². The predicted molar refractivity (Wildman–Crippen MR) is 80.2 cm³/mol. The molecule has 0 saturated heterocycles. The topological polar surface area (TPSA) is 42.4 Å². The minimum absolute atomic E-state index is 0.271. The molecule has 1 unspecified atom stereocenters. The lowest BCUT2D eigenvalue weighted by Gasteiger charge is -2.30. The van der Waals surface area contributed by atoms with Gasteiger partial charge in [-0.15, -0.1) is 0 Å². The molecule has 1 aromatic carbocycles. The Balaban J connectivity index is 1.82. The van der Waals surface area contributed by atoms with Gasteiger partial charge in [0.15, 0.2) is 0 Å². The molecule has 1 saturated carbocycles. The number of rotatable bonds is 6. The average molecular weight is 270 g/mol.